The molecule has 4 heteroatoms. The van der Waals surface area contributed by atoms with Gasteiger partial charge in [-0.3, -0.25) is 9.88 Å². The van der Waals surface area contributed by atoms with Crippen LogP contribution >= 0.6 is 11.6 Å². The fourth-order valence-corrected chi connectivity index (χ4v) is 2.72. The van der Waals surface area contributed by atoms with Crippen LogP contribution in [0.5, 0.6) is 0 Å². The van der Waals surface area contributed by atoms with E-state index in [1.165, 1.54) is 5.56 Å². The first-order valence-electron chi connectivity index (χ1n) is 7.24. The van der Waals surface area contributed by atoms with Crippen molar-refractivity contribution in [3.05, 3.63) is 64.9 Å². The van der Waals surface area contributed by atoms with Gasteiger partial charge in [0.25, 0.3) is 0 Å². The van der Waals surface area contributed by atoms with Gasteiger partial charge in [-0.05, 0) is 35.7 Å². The number of aliphatic hydroxyl groups is 1. The lowest BCUT2D eigenvalue weighted by Crippen LogP contribution is -2.30. The lowest BCUT2D eigenvalue weighted by atomic mass is 10.0. The fraction of sp³-hybridized carbons (Fsp3) is 0.353. The minimum atomic E-state index is 0.143. The second-order valence-electron chi connectivity index (χ2n) is 5.03. The highest BCUT2D eigenvalue weighted by Gasteiger charge is 2.18. The zero-order valence-electron chi connectivity index (χ0n) is 12.2. The minimum Gasteiger partial charge on any atom is -0.395 e. The van der Waals surface area contributed by atoms with Crippen LogP contribution in [0.3, 0.4) is 0 Å². The summed E-state index contributed by atoms with van der Waals surface area (Å²) in [6.45, 7) is 3.71. The van der Waals surface area contributed by atoms with E-state index >= 15 is 0 Å². The summed E-state index contributed by atoms with van der Waals surface area (Å²) in [5.41, 5.74) is 2.37. The molecule has 0 bridgehead atoms. The molecule has 112 valence electrons. The van der Waals surface area contributed by atoms with Crippen molar-refractivity contribution in [1.29, 1.82) is 0 Å². The van der Waals surface area contributed by atoms with E-state index in [1.807, 2.05) is 24.4 Å². The Morgan fingerprint density at radius 2 is 2.00 bits per heavy atom. The van der Waals surface area contributed by atoms with Crippen molar-refractivity contribution in [2.75, 3.05) is 13.2 Å². The first kappa shape index (κ1) is 16.0. The minimum absolute atomic E-state index is 0.143. The van der Waals surface area contributed by atoms with Gasteiger partial charge in [0.15, 0.2) is 0 Å². The van der Waals surface area contributed by atoms with Gasteiger partial charge in [0.1, 0.15) is 0 Å². The molecule has 0 spiro atoms. The fourth-order valence-electron chi connectivity index (χ4n) is 2.59. The van der Waals surface area contributed by atoms with Crippen LogP contribution in [-0.2, 0) is 6.54 Å². The first-order valence-corrected chi connectivity index (χ1v) is 7.61. The highest BCUT2D eigenvalue weighted by Crippen LogP contribution is 2.26. The van der Waals surface area contributed by atoms with E-state index < -0.39 is 0 Å². The van der Waals surface area contributed by atoms with Gasteiger partial charge in [0, 0.05) is 36.5 Å². The number of halogens is 1. The Hall–Kier alpha value is -1.42. The van der Waals surface area contributed by atoms with Gasteiger partial charge in [0.05, 0.1) is 6.61 Å². The van der Waals surface area contributed by atoms with Crippen molar-refractivity contribution in [3.63, 3.8) is 0 Å². The molecule has 3 nitrogen and oxygen atoms in total. The summed E-state index contributed by atoms with van der Waals surface area (Å²) in [6, 6.07) is 12.2. The van der Waals surface area contributed by atoms with Crippen LogP contribution in [-0.4, -0.2) is 28.1 Å². The quantitative estimate of drug-likeness (QED) is 0.847. The van der Waals surface area contributed by atoms with E-state index in [0.29, 0.717) is 6.54 Å². The summed E-state index contributed by atoms with van der Waals surface area (Å²) in [5.74, 6) is 0. The summed E-state index contributed by atoms with van der Waals surface area (Å²) < 4.78 is 0. The van der Waals surface area contributed by atoms with Gasteiger partial charge in [-0.1, -0.05) is 36.7 Å². The van der Waals surface area contributed by atoms with E-state index in [1.54, 1.807) is 6.20 Å². The Kier molecular flexibility index (Phi) is 6.18. The van der Waals surface area contributed by atoms with Crippen molar-refractivity contribution >= 4 is 11.6 Å². The van der Waals surface area contributed by atoms with Gasteiger partial charge < -0.3 is 5.11 Å². The third kappa shape index (κ3) is 4.53. The molecule has 1 aromatic heterocycles. The molecule has 0 fully saturated rings. The van der Waals surface area contributed by atoms with E-state index in [4.69, 9.17) is 11.6 Å². The first-order chi connectivity index (χ1) is 10.2. The highest BCUT2D eigenvalue weighted by atomic mass is 35.5. The number of benzene rings is 1. The molecule has 0 saturated carbocycles. The number of pyridine rings is 1. The lowest BCUT2D eigenvalue weighted by molar-refractivity contribution is 0.139. The molecule has 2 aromatic rings. The number of aliphatic hydroxyl groups excluding tert-OH is 1. The van der Waals surface area contributed by atoms with Crippen molar-refractivity contribution in [2.24, 2.45) is 0 Å². The molecule has 1 heterocycles. The third-order valence-corrected chi connectivity index (χ3v) is 3.83. The van der Waals surface area contributed by atoms with Crippen LogP contribution in [0, 0.1) is 0 Å². The molecule has 0 aliphatic heterocycles. The maximum atomic E-state index is 9.37. The van der Waals surface area contributed by atoms with Crippen molar-refractivity contribution in [1.82, 2.24) is 9.88 Å². The Bertz CT molecular complexity index is 530. The molecule has 1 aromatic carbocycles. The monoisotopic (exact) mass is 304 g/mol. The van der Waals surface area contributed by atoms with Crippen molar-refractivity contribution < 1.29 is 5.11 Å². The molecule has 2 rings (SSSR count). The number of hydrogen-bond acceptors (Lipinski definition) is 3. The molecule has 0 amide bonds. The molecule has 1 unspecified atom stereocenters. The van der Waals surface area contributed by atoms with E-state index in [0.717, 1.165) is 23.6 Å². The van der Waals surface area contributed by atoms with Gasteiger partial charge in [0.2, 0.25) is 0 Å². The third-order valence-electron chi connectivity index (χ3n) is 3.58. The summed E-state index contributed by atoms with van der Waals surface area (Å²) >= 11 is 5.97. The van der Waals surface area contributed by atoms with Crippen LogP contribution in [0.25, 0.3) is 0 Å². The molecule has 0 radical (unpaired) electrons. The van der Waals surface area contributed by atoms with Gasteiger partial charge in [-0.2, -0.15) is 0 Å². The molecule has 0 aliphatic rings. The zero-order valence-corrected chi connectivity index (χ0v) is 13.0. The molecule has 1 N–H and O–H groups in total. The molecule has 1 atom stereocenters. The second-order valence-corrected chi connectivity index (χ2v) is 5.47. The van der Waals surface area contributed by atoms with Crippen LogP contribution in [0.4, 0.5) is 0 Å². The summed E-state index contributed by atoms with van der Waals surface area (Å²) in [7, 11) is 0. The van der Waals surface area contributed by atoms with Crippen LogP contribution in [0.2, 0.25) is 5.02 Å². The maximum Gasteiger partial charge on any atom is 0.0558 e. The molecular formula is C17H21ClN2O. The average Bonchev–Trinajstić information content (AvgIpc) is 2.51. The van der Waals surface area contributed by atoms with Crippen LogP contribution in [0.15, 0.2) is 48.8 Å². The predicted molar refractivity (Wildman–Crippen MR) is 86.2 cm³/mol. The Morgan fingerprint density at radius 3 is 2.57 bits per heavy atom. The van der Waals surface area contributed by atoms with Crippen molar-refractivity contribution in [2.45, 2.75) is 25.9 Å². The molecule has 0 saturated heterocycles. The lowest BCUT2D eigenvalue weighted by Gasteiger charge is -2.31. The Morgan fingerprint density at radius 1 is 1.24 bits per heavy atom. The largest absolute Gasteiger partial charge is 0.395 e. The van der Waals surface area contributed by atoms with Crippen molar-refractivity contribution in [3.8, 4) is 0 Å². The Labute approximate surface area is 131 Å². The second kappa shape index (κ2) is 8.13. The number of rotatable bonds is 7. The van der Waals surface area contributed by atoms with Crippen LogP contribution in [0.1, 0.15) is 30.5 Å². The molecular weight excluding hydrogens is 284 g/mol. The van der Waals surface area contributed by atoms with E-state index in [-0.39, 0.29) is 12.6 Å². The number of nitrogens with zero attached hydrogens (tertiary/aromatic N) is 2. The number of hydrogen-bond donors (Lipinski definition) is 1. The molecule has 21 heavy (non-hydrogen) atoms. The summed E-state index contributed by atoms with van der Waals surface area (Å²) in [5, 5.41) is 10.1. The standard InChI is InChI=1S/C17H21ClN2O/c1-2-17(15-5-7-16(18)8-6-15)20(10-11-21)13-14-4-3-9-19-12-14/h3-9,12,17,21H,2,10-11,13H2,1H3. The number of aromatic nitrogens is 1. The predicted octanol–water partition coefficient (Wildman–Crippen LogP) is 3.68. The normalized spacial score (nSPS) is 12.6. The van der Waals surface area contributed by atoms with Crippen LogP contribution < -0.4 is 0 Å². The smallest absolute Gasteiger partial charge is 0.0558 e. The highest BCUT2D eigenvalue weighted by molar-refractivity contribution is 6.30. The maximum absolute atomic E-state index is 9.37. The molecule has 0 aliphatic carbocycles. The topological polar surface area (TPSA) is 36.4 Å². The van der Waals surface area contributed by atoms with Gasteiger partial charge >= 0.3 is 0 Å². The van der Waals surface area contributed by atoms with Gasteiger partial charge in [-0.15, -0.1) is 0 Å². The van der Waals surface area contributed by atoms with E-state index in [9.17, 15) is 5.11 Å². The Balaban J connectivity index is 2.19. The van der Waals surface area contributed by atoms with Gasteiger partial charge in [-0.25, -0.2) is 0 Å². The summed E-state index contributed by atoms with van der Waals surface area (Å²) in [6.07, 6.45) is 4.62. The average molecular weight is 305 g/mol. The summed E-state index contributed by atoms with van der Waals surface area (Å²) in [4.78, 5) is 6.44. The SMILES string of the molecule is CCC(c1ccc(Cl)cc1)N(CCO)Cc1cccnc1. The van der Waals surface area contributed by atoms with E-state index in [2.05, 4.69) is 35.0 Å². The zero-order chi connectivity index (χ0) is 15.1.